The van der Waals surface area contributed by atoms with Crippen LogP contribution < -0.4 is 10.5 Å². The van der Waals surface area contributed by atoms with E-state index in [-0.39, 0.29) is 0 Å². The molecule has 0 aliphatic rings. The highest BCUT2D eigenvalue weighted by molar-refractivity contribution is 5.90. The second kappa shape index (κ2) is 5.75. The highest BCUT2D eigenvalue weighted by Gasteiger charge is 2.15. The molecule has 1 aromatic carbocycles. The van der Waals surface area contributed by atoms with Gasteiger partial charge in [-0.2, -0.15) is 5.26 Å². The number of benzene rings is 1. The molecule has 0 bridgehead atoms. The van der Waals surface area contributed by atoms with Crippen molar-refractivity contribution in [1.29, 1.82) is 5.26 Å². The SMILES string of the molecule is CCC(C#N)OC(=O)c1ccc(N)c(OC)c1. The van der Waals surface area contributed by atoms with E-state index in [0.717, 1.165) is 0 Å². The van der Waals surface area contributed by atoms with E-state index in [1.165, 1.54) is 19.2 Å². The van der Waals surface area contributed by atoms with Gasteiger partial charge in [0.05, 0.1) is 18.4 Å². The number of esters is 1. The molecule has 0 aromatic heterocycles. The molecule has 0 saturated carbocycles. The Hall–Kier alpha value is -2.22. The molecular formula is C12H14N2O3. The molecule has 5 nitrogen and oxygen atoms in total. The number of anilines is 1. The highest BCUT2D eigenvalue weighted by Crippen LogP contribution is 2.22. The fourth-order valence-corrected chi connectivity index (χ4v) is 1.24. The standard InChI is InChI=1S/C12H14N2O3/c1-3-9(7-13)17-12(15)8-4-5-10(14)11(6-8)16-2/h4-6,9H,3,14H2,1-2H3. The molecule has 0 aliphatic carbocycles. The second-order valence-corrected chi connectivity index (χ2v) is 3.39. The zero-order chi connectivity index (χ0) is 12.8. The lowest BCUT2D eigenvalue weighted by molar-refractivity contribution is 0.0401. The minimum absolute atomic E-state index is 0.310. The van der Waals surface area contributed by atoms with Crippen molar-refractivity contribution in [2.45, 2.75) is 19.4 Å². The smallest absolute Gasteiger partial charge is 0.339 e. The van der Waals surface area contributed by atoms with E-state index in [9.17, 15) is 4.79 Å². The van der Waals surface area contributed by atoms with E-state index in [1.807, 2.05) is 6.07 Å². The predicted octanol–water partition coefficient (Wildman–Crippen LogP) is 1.74. The topological polar surface area (TPSA) is 85.3 Å². The summed E-state index contributed by atoms with van der Waals surface area (Å²) in [5.41, 5.74) is 6.38. The summed E-state index contributed by atoms with van der Waals surface area (Å²) in [5, 5.41) is 8.69. The molecule has 1 atom stereocenters. The number of nitriles is 1. The van der Waals surface area contributed by atoms with Crippen molar-refractivity contribution in [3.8, 4) is 11.8 Å². The van der Waals surface area contributed by atoms with Gasteiger partial charge in [-0.15, -0.1) is 0 Å². The maximum Gasteiger partial charge on any atom is 0.339 e. The van der Waals surface area contributed by atoms with Crippen LogP contribution in [0.2, 0.25) is 0 Å². The van der Waals surface area contributed by atoms with Gasteiger partial charge in [-0.25, -0.2) is 4.79 Å². The lowest BCUT2D eigenvalue weighted by Gasteiger charge is -2.10. The summed E-state index contributed by atoms with van der Waals surface area (Å²) in [7, 11) is 1.46. The van der Waals surface area contributed by atoms with Crippen LogP contribution in [0.4, 0.5) is 5.69 Å². The van der Waals surface area contributed by atoms with Crippen LogP contribution in [-0.2, 0) is 4.74 Å². The summed E-state index contributed by atoms with van der Waals surface area (Å²) in [6.45, 7) is 1.77. The van der Waals surface area contributed by atoms with Gasteiger partial charge in [-0.3, -0.25) is 0 Å². The number of nitrogens with zero attached hydrogens (tertiary/aromatic N) is 1. The molecule has 0 aliphatic heterocycles. The number of nitrogens with two attached hydrogens (primary N) is 1. The third-order valence-electron chi connectivity index (χ3n) is 2.23. The van der Waals surface area contributed by atoms with Crippen molar-refractivity contribution in [3.05, 3.63) is 23.8 Å². The fraction of sp³-hybridized carbons (Fsp3) is 0.333. The van der Waals surface area contributed by atoms with Gasteiger partial charge in [0, 0.05) is 0 Å². The summed E-state index contributed by atoms with van der Waals surface area (Å²) in [5.74, 6) is -0.152. The van der Waals surface area contributed by atoms with Crippen molar-refractivity contribution in [3.63, 3.8) is 0 Å². The fourth-order valence-electron chi connectivity index (χ4n) is 1.24. The summed E-state index contributed by atoms with van der Waals surface area (Å²) >= 11 is 0. The van der Waals surface area contributed by atoms with E-state index in [4.69, 9.17) is 20.5 Å². The first-order valence-corrected chi connectivity index (χ1v) is 5.16. The van der Waals surface area contributed by atoms with Gasteiger partial charge in [-0.1, -0.05) is 6.92 Å². The lowest BCUT2D eigenvalue weighted by atomic mass is 10.2. The first-order chi connectivity index (χ1) is 8.12. The summed E-state index contributed by atoms with van der Waals surface area (Å²) in [6, 6.07) is 6.47. The maximum atomic E-state index is 11.7. The Morgan fingerprint density at radius 3 is 2.82 bits per heavy atom. The number of methoxy groups -OCH3 is 1. The minimum atomic E-state index is -0.731. The zero-order valence-corrected chi connectivity index (χ0v) is 9.77. The third kappa shape index (κ3) is 3.11. The maximum absolute atomic E-state index is 11.7. The molecule has 17 heavy (non-hydrogen) atoms. The van der Waals surface area contributed by atoms with Gasteiger partial charge in [-0.05, 0) is 24.6 Å². The molecule has 1 unspecified atom stereocenters. The average molecular weight is 234 g/mol. The Morgan fingerprint density at radius 1 is 1.59 bits per heavy atom. The van der Waals surface area contributed by atoms with Crippen LogP contribution in [0.1, 0.15) is 23.7 Å². The molecule has 0 spiro atoms. The van der Waals surface area contributed by atoms with Gasteiger partial charge in [0.1, 0.15) is 11.8 Å². The molecule has 90 valence electrons. The van der Waals surface area contributed by atoms with Crippen LogP contribution in [0.3, 0.4) is 0 Å². The van der Waals surface area contributed by atoms with Gasteiger partial charge in [0.25, 0.3) is 0 Å². The quantitative estimate of drug-likeness (QED) is 0.633. The lowest BCUT2D eigenvalue weighted by Crippen LogP contribution is -2.15. The van der Waals surface area contributed by atoms with Crippen LogP contribution in [0.5, 0.6) is 5.75 Å². The summed E-state index contributed by atoms with van der Waals surface area (Å²) in [4.78, 5) is 11.7. The number of nitrogen functional groups attached to an aromatic ring is 1. The van der Waals surface area contributed by atoms with E-state index in [2.05, 4.69) is 0 Å². The van der Waals surface area contributed by atoms with Crippen LogP contribution >= 0.6 is 0 Å². The van der Waals surface area contributed by atoms with Crippen molar-refractivity contribution in [2.24, 2.45) is 0 Å². The largest absolute Gasteiger partial charge is 0.495 e. The Kier molecular flexibility index (Phi) is 4.35. The second-order valence-electron chi connectivity index (χ2n) is 3.39. The Bertz CT molecular complexity index is 452. The molecule has 1 aromatic rings. The van der Waals surface area contributed by atoms with Gasteiger partial charge >= 0.3 is 5.97 Å². The highest BCUT2D eigenvalue weighted by atomic mass is 16.5. The van der Waals surface area contributed by atoms with E-state index >= 15 is 0 Å². The number of ether oxygens (including phenoxy) is 2. The molecule has 5 heteroatoms. The molecule has 0 radical (unpaired) electrons. The first-order valence-electron chi connectivity index (χ1n) is 5.16. The number of hydrogen-bond donors (Lipinski definition) is 1. The summed E-state index contributed by atoms with van der Waals surface area (Å²) in [6.07, 6.45) is -0.278. The van der Waals surface area contributed by atoms with Gasteiger partial charge < -0.3 is 15.2 Å². The molecule has 0 fully saturated rings. The van der Waals surface area contributed by atoms with Crippen molar-refractivity contribution < 1.29 is 14.3 Å². The zero-order valence-electron chi connectivity index (χ0n) is 9.77. The van der Waals surface area contributed by atoms with E-state index in [0.29, 0.717) is 23.4 Å². The first kappa shape index (κ1) is 12.8. The van der Waals surface area contributed by atoms with Crippen LogP contribution in [0.15, 0.2) is 18.2 Å². The van der Waals surface area contributed by atoms with E-state index < -0.39 is 12.1 Å². The molecule has 0 amide bonds. The average Bonchev–Trinajstić information content (AvgIpc) is 2.36. The predicted molar refractivity (Wildman–Crippen MR) is 62.5 cm³/mol. The number of carbonyl (C=O) groups is 1. The van der Waals surface area contributed by atoms with Gasteiger partial charge in [0.15, 0.2) is 6.10 Å². The number of rotatable bonds is 4. The Balaban J connectivity index is 2.86. The molecule has 0 saturated heterocycles. The van der Waals surface area contributed by atoms with Crippen LogP contribution in [0, 0.1) is 11.3 Å². The summed E-state index contributed by atoms with van der Waals surface area (Å²) < 4.78 is 9.97. The van der Waals surface area contributed by atoms with Crippen molar-refractivity contribution >= 4 is 11.7 Å². The number of carbonyl (C=O) groups excluding carboxylic acids is 1. The molecule has 0 heterocycles. The monoisotopic (exact) mass is 234 g/mol. The molecule has 2 N–H and O–H groups in total. The van der Waals surface area contributed by atoms with Crippen molar-refractivity contribution in [2.75, 3.05) is 12.8 Å². The third-order valence-corrected chi connectivity index (χ3v) is 2.23. The Morgan fingerprint density at radius 2 is 2.29 bits per heavy atom. The minimum Gasteiger partial charge on any atom is -0.495 e. The van der Waals surface area contributed by atoms with E-state index in [1.54, 1.807) is 13.0 Å². The van der Waals surface area contributed by atoms with Gasteiger partial charge in [0.2, 0.25) is 0 Å². The number of hydrogen-bond acceptors (Lipinski definition) is 5. The molecule has 1 rings (SSSR count). The van der Waals surface area contributed by atoms with Crippen LogP contribution in [0.25, 0.3) is 0 Å². The molecular weight excluding hydrogens is 220 g/mol. The Labute approximate surface area is 99.7 Å². The van der Waals surface area contributed by atoms with Crippen molar-refractivity contribution in [1.82, 2.24) is 0 Å². The van der Waals surface area contributed by atoms with Crippen LogP contribution in [-0.4, -0.2) is 19.2 Å². The normalized spacial score (nSPS) is 11.4.